The number of nitrogens with zero attached hydrogens (tertiary/aromatic N) is 2. The molecule has 160 valence electrons. The summed E-state index contributed by atoms with van der Waals surface area (Å²) in [6.07, 6.45) is 9.07. The SMILES string of the molecule is Cc1nccn1Cc1ccc(NC(=O)c2cccc(NC(=O)C3CCCCC3)c2)cc1. The zero-order chi connectivity index (χ0) is 21.6. The van der Waals surface area contributed by atoms with Crippen LogP contribution in [-0.2, 0) is 11.3 Å². The summed E-state index contributed by atoms with van der Waals surface area (Å²) >= 11 is 0. The molecule has 4 rings (SSSR count). The van der Waals surface area contributed by atoms with Crippen LogP contribution in [0.4, 0.5) is 11.4 Å². The van der Waals surface area contributed by atoms with Crippen molar-refractivity contribution in [2.45, 2.75) is 45.6 Å². The van der Waals surface area contributed by atoms with E-state index in [9.17, 15) is 9.59 Å². The number of carbonyl (C=O) groups excluding carboxylic acids is 2. The van der Waals surface area contributed by atoms with Crippen molar-refractivity contribution in [1.29, 1.82) is 0 Å². The standard InChI is InChI=1S/C25H28N4O2/c1-18-26-14-15-29(18)17-19-10-12-22(13-11-19)27-25(31)21-8-5-9-23(16-21)28-24(30)20-6-3-2-4-7-20/h5,8-16,20H,2-4,6-7,17H2,1H3,(H,27,31)(H,28,30). The summed E-state index contributed by atoms with van der Waals surface area (Å²) in [5, 5.41) is 5.91. The maximum atomic E-state index is 12.7. The number of carbonyl (C=O) groups is 2. The first-order valence-corrected chi connectivity index (χ1v) is 10.9. The molecule has 31 heavy (non-hydrogen) atoms. The van der Waals surface area contributed by atoms with E-state index in [2.05, 4.69) is 20.2 Å². The van der Waals surface area contributed by atoms with Gasteiger partial charge in [-0.15, -0.1) is 0 Å². The lowest BCUT2D eigenvalue weighted by molar-refractivity contribution is -0.120. The van der Waals surface area contributed by atoms with Gasteiger partial charge in [0.1, 0.15) is 5.82 Å². The Morgan fingerprint density at radius 3 is 2.48 bits per heavy atom. The fourth-order valence-electron chi connectivity index (χ4n) is 4.01. The molecule has 6 nitrogen and oxygen atoms in total. The number of hydrogen-bond acceptors (Lipinski definition) is 3. The minimum absolute atomic E-state index is 0.0565. The summed E-state index contributed by atoms with van der Waals surface area (Å²) < 4.78 is 2.07. The first-order valence-electron chi connectivity index (χ1n) is 10.9. The Morgan fingerprint density at radius 1 is 1.00 bits per heavy atom. The number of aryl methyl sites for hydroxylation is 1. The third kappa shape index (κ3) is 5.40. The van der Waals surface area contributed by atoms with Gasteiger partial charge in [-0.25, -0.2) is 4.98 Å². The van der Waals surface area contributed by atoms with Crippen molar-refractivity contribution in [3.05, 3.63) is 77.9 Å². The third-order valence-electron chi connectivity index (χ3n) is 5.86. The first kappa shape index (κ1) is 20.8. The van der Waals surface area contributed by atoms with Gasteiger partial charge in [-0.3, -0.25) is 9.59 Å². The molecule has 1 fully saturated rings. The first-order chi connectivity index (χ1) is 15.1. The summed E-state index contributed by atoms with van der Waals surface area (Å²) in [6.45, 7) is 2.71. The number of aromatic nitrogens is 2. The highest BCUT2D eigenvalue weighted by Gasteiger charge is 2.21. The molecular formula is C25H28N4O2. The molecule has 0 bridgehead atoms. The van der Waals surface area contributed by atoms with Crippen LogP contribution in [0.1, 0.15) is 53.8 Å². The number of benzene rings is 2. The lowest BCUT2D eigenvalue weighted by Gasteiger charge is -2.20. The number of rotatable bonds is 6. The highest BCUT2D eigenvalue weighted by Crippen LogP contribution is 2.25. The molecule has 0 atom stereocenters. The van der Waals surface area contributed by atoms with Crippen LogP contribution in [0.15, 0.2) is 60.9 Å². The van der Waals surface area contributed by atoms with Crippen molar-refractivity contribution in [3.8, 4) is 0 Å². The van der Waals surface area contributed by atoms with Crippen LogP contribution >= 0.6 is 0 Å². The topological polar surface area (TPSA) is 76.0 Å². The fourth-order valence-corrected chi connectivity index (χ4v) is 4.01. The van der Waals surface area contributed by atoms with Gasteiger partial charge in [-0.1, -0.05) is 37.5 Å². The molecule has 3 aromatic rings. The van der Waals surface area contributed by atoms with E-state index in [0.29, 0.717) is 11.3 Å². The maximum absolute atomic E-state index is 12.7. The highest BCUT2D eigenvalue weighted by molar-refractivity contribution is 6.05. The van der Waals surface area contributed by atoms with Crippen LogP contribution in [-0.4, -0.2) is 21.4 Å². The smallest absolute Gasteiger partial charge is 0.255 e. The van der Waals surface area contributed by atoms with Gasteiger partial charge in [-0.05, 0) is 55.7 Å². The van der Waals surface area contributed by atoms with E-state index in [1.54, 1.807) is 24.4 Å². The average Bonchev–Trinajstić information content (AvgIpc) is 3.20. The van der Waals surface area contributed by atoms with Gasteiger partial charge in [0.2, 0.25) is 5.91 Å². The predicted octanol–water partition coefficient (Wildman–Crippen LogP) is 5.01. The van der Waals surface area contributed by atoms with Crippen molar-refractivity contribution in [2.75, 3.05) is 10.6 Å². The Hall–Kier alpha value is -3.41. The van der Waals surface area contributed by atoms with Crippen LogP contribution in [0.5, 0.6) is 0 Å². The second-order valence-electron chi connectivity index (χ2n) is 8.16. The molecule has 1 heterocycles. The summed E-state index contributed by atoms with van der Waals surface area (Å²) in [7, 11) is 0. The van der Waals surface area contributed by atoms with E-state index >= 15 is 0 Å². The van der Waals surface area contributed by atoms with Gasteiger partial charge < -0.3 is 15.2 Å². The van der Waals surface area contributed by atoms with Gasteiger partial charge in [0, 0.05) is 41.8 Å². The van der Waals surface area contributed by atoms with Crippen molar-refractivity contribution >= 4 is 23.2 Å². The van der Waals surface area contributed by atoms with Gasteiger partial charge in [0.25, 0.3) is 5.91 Å². The molecule has 1 aliphatic rings. The molecule has 2 amide bonds. The number of nitrogens with one attached hydrogen (secondary N) is 2. The molecule has 2 aromatic carbocycles. The van der Waals surface area contributed by atoms with E-state index in [1.807, 2.05) is 43.5 Å². The van der Waals surface area contributed by atoms with Crippen LogP contribution in [0.3, 0.4) is 0 Å². The van der Waals surface area contributed by atoms with E-state index in [1.165, 1.54) is 6.42 Å². The molecule has 0 saturated heterocycles. The second kappa shape index (κ2) is 9.60. The Bertz CT molecular complexity index is 1050. The summed E-state index contributed by atoms with van der Waals surface area (Å²) in [6, 6.07) is 14.9. The van der Waals surface area contributed by atoms with Crippen molar-refractivity contribution < 1.29 is 9.59 Å². The number of anilines is 2. The molecule has 1 saturated carbocycles. The largest absolute Gasteiger partial charge is 0.331 e. The quantitative estimate of drug-likeness (QED) is 0.593. The zero-order valence-electron chi connectivity index (χ0n) is 17.8. The Labute approximate surface area is 182 Å². The van der Waals surface area contributed by atoms with Crippen molar-refractivity contribution in [2.24, 2.45) is 5.92 Å². The Kier molecular flexibility index (Phi) is 6.46. The lowest BCUT2D eigenvalue weighted by Crippen LogP contribution is -2.24. The number of hydrogen-bond donors (Lipinski definition) is 2. The maximum Gasteiger partial charge on any atom is 0.255 e. The normalized spacial score (nSPS) is 14.2. The van der Waals surface area contributed by atoms with Gasteiger partial charge in [-0.2, -0.15) is 0 Å². The molecule has 6 heteroatoms. The molecule has 1 aromatic heterocycles. The van der Waals surface area contributed by atoms with Gasteiger partial charge >= 0.3 is 0 Å². The number of amides is 2. The molecule has 0 spiro atoms. The second-order valence-corrected chi connectivity index (χ2v) is 8.16. The Balaban J connectivity index is 1.36. The molecular weight excluding hydrogens is 388 g/mol. The van der Waals surface area contributed by atoms with Crippen LogP contribution < -0.4 is 10.6 Å². The Morgan fingerprint density at radius 2 is 1.77 bits per heavy atom. The van der Waals surface area contributed by atoms with Gasteiger partial charge in [0.15, 0.2) is 0 Å². The molecule has 0 radical (unpaired) electrons. The van der Waals surface area contributed by atoms with E-state index in [4.69, 9.17) is 0 Å². The summed E-state index contributed by atoms with van der Waals surface area (Å²) in [5.41, 5.74) is 3.04. The lowest BCUT2D eigenvalue weighted by atomic mass is 9.88. The van der Waals surface area contributed by atoms with E-state index in [0.717, 1.165) is 49.3 Å². The fraction of sp³-hybridized carbons (Fsp3) is 0.320. The zero-order valence-corrected chi connectivity index (χ0v) is 17.8. The predicted molar refractivity (Wildman–Crippen MR) is 122 cm³/mol. The molecule has 0 aliphatic heterocycles. The van der Waals surface area contributed by atoms with Gasteiger partial charge in [0.05, 0.1) is 0 Å². The van der Waals surface area contributed by atoms with E-state index < -0.39 is 0 Å². The summed E-state index contributed by atoms with van der Waals surface area (Å²) in [5.74, 6) is 0.900. The van der Waals surface area contributed by atoms with Crippen LogP contribution in [0, 0.1) is 12.8 Å². The molecule has 2 N–H and O–H groups in total. The minimum Gasteiger partial charge on any atom is -0.331 e. The minimum atomic E-state index is -0.202. The van der Waals surface area contributed by atoms with Crippen LogP contribution in [0.2, 0.25) is 0 Å². The van der Waals surface area contributed by atoms with Crippen molar-refractivity contribution in [3.63, 3.8) is 0 Å². The van der Waals surface area contributed by atoms with E-state index in [-0.39, 0.29) is 17.7 Å². The third-order valence-corrected chi connectivity index (χ3v) is 5.86. The van der Waals surface area contributed by atoms with Crippen LogP contribution in [0.25, 0.3) is 0 Å². The monoisotopic (exact) mass is 416 g/mol. The molecule has 1 aliphatic carbocycles. The molecule has 0 unspecified atom stereocenters. The van der Waals surface area contributed by atoms with Crippen molar-refractivity contribution in [1.82, 2.24) is 9.55 Å². The average molecular weight is 417 g/mol. The highest BCUT2D eigenvalue weighted by atomic mass is 16.2. The summed E-state index contributed by atoms with van der Waals surface area (Å²) in [4.78, 5) is 29.4. The number of imidazole rings is 1.